The van der Waals surface area contributed by atoms with Crippen molar-refractivity contribution < 1.29 is 0 Å². The van der Waals surface area contributed by atoms with Gasteiger partial charge in [-0.05, 0) is 12.3 Å². The van der Waals surface area contributed by atoms with Gasteiger partial charge in [-0.25, -0.2) is 4.98 Å². The van der Waals surface area contributed by atoms with Gasteiger partial charge >= 0.3 is 0 Å². The standard InChI is InChI=1S/C15H27N3S/c1-5-11-8-18(7-6-13(11)16)9-12-10-19-14(17-12)15(2,3)4/h10-11,13H,5-9,16H2,1-4H3. The highest BCUT2D eigenvalue weighted by atomic mass is 32.1. The van der Waals surface area contributed by atoms with Gasteiger partial charge in [-0.3, -0.25) is 4.90 Å². The zero-order valence-electron chi connectivity index (χ0n) is 12.6. The number of hydrogen-bond acceptors (Lipinski definition) is 4. The predicted octanol–water partition coefficient (Wildman–Crippen LogP) is 3.00. The number of nitrogens with zero attached hydrogens (tertiary/aromatic N) is 2. The molecule has 1 saturated heterocycles. The smallest absolute Gasteiger partial charge is 0.0982 e. The lowest BCUT2D eigenvalue weighted by Gasteiger charge is -2.36. The van der Waals surface area contributed by atoms with Crippen molar-refractivity contribution in [3.05, 3.63) is 16.1 Å². The van der Waals surface area contributed by atoms with E-state index in [1.807, 2.05) is 0 Å². The molecule has 3 nitrogen and oxygen atoms in total. The summed E-state index contributed by atoms with van der Waals surface area (Å²) in [4.78, 5) is 7.30. The van der Waals surface area contributed by atoms with E-state index in [1.165, 1.54) is 17.1 Å². The fourth-order valence-electron chi connectivity index (χ4n) is 2.65. The van der Waals surface area contributed by atoms with Crippen molar-refractivity contribution in [2.75, 3.05) is 13.1 Å². The van der Waals surface area contributed by atoms with Crippen LogP contribution in [0, 0.1) is 5.92 Å². The van der Waals surface area contributed by atoms with Gasteiger partial charge in [-0.2, -0.15) is 0 Å². The molecule has 0 spiro atoms. The highest BCUT2D eigenvalue weighted by molar-refractivity contribution is 7.09. The summed E-state index contributed by atoms with van der Waals surface area (Å²) in [7, 11) is 0. The van der Waals surface area contributed by atoms with Crippen LogP contribution in [0.15, 0.2) is 5.38 Å². The third-order valence-electron chi connectivity index (χ3n) is 3.98. The first-order chi connectivity index (χ1) is 8.90. The quantitative estimate of drug-likeness (QED) is 0.926. The average Bonchev–Trinajstić information content (AvgIpc) is 2.80. The number of thiazole rings is 1. The first-order valence-corrected chi connectivity index (χ1v) is 8.21. The maximum atomic E-state index is 6.17. The number of likely N-dealkylation sites (tertiary alicyclic amines) is 1. The van der Waals surface area contributed by atoms with Crippen LogP contribution in [0.3, 0.4) is 0 Å². The highest BCUT2D eigenvalue weighted by Gasteiger charge is 2.26. The lowest BCUT2D eigenvalue weighted by molar-refractivity contribution is 0.144. The van der Waals surface area contributed by atoms with Crippen LogP contribution in [0.2, 0.25) is 0 Å². The van der Waals surface area contributed by atoms with Gasteiger partial charge in [0.05, 0.1) is 10.7 Å². The van der Waals surface area contributed by atoms with Gasteiger partial charge in [-0.15, -0.1) is 11.3 Å². The zero-order valence-corrected chi connectivity index (χ0v) is 13.5. The topological polar surface area (TPSA) is 42.2 Å². The Balaban J connectivity index is 1.96. The normalized spacial score (nSPS) is 25.7. The maximum Gasteiger partial charge on any atom is 0.0982 e. The third-order valence-corrected chi connectivity index (χ3v) is 5.30. The minimum atomic E-state index is 0.166. The molecule has 2 N–H and O–H groups in total. The van der Waals surface area contributed by atoms with E-state index in [2.05, 4.69) is 38.0 Å². The first kappa shape index (κ1) is 14.9. The van der Waals surface area contributed by atoms with Crippen LogP contribution in [0.25, 0.3) is 0 Å². The van der Waals surface area contributed by atoms with E-state index in [1.54, 1.807) is 11.3 Å². The molecule has 0 aliphatic carbocycles. The molecule has 2 atom stereocenters. The molecule has 1 aliphatic heterocycles. The van der Waals surface area contributed by atoms with Crippen LogP contribution < -0.4 is 5.73 Å². The van der Waals surface area contributed by atoms with Crippen LogP contribution in [-0.4, -0.2) is 29.0 Å². The second-order valence-corrected chi connectivity index (χ2v) is 7.61. The number of aromatic nitrogens is 1. The average molecular weight is 281 g/mol. The Bertz CT molecular complexity index is 408. The molecule has 1 aromatic heterocycles. The summed E-state index contributed by atoms with van der Waals surface area (Å²) in [6, 6.07) is 0.391. The molecule has 2 unspecified atom stereocenters. The summed E-state index contributed by atoms with van der Waals surface area (Å²) in [5.74, 6) is 0.648. The fourth-order valence-corrected chi connectivity index (χ4v) is 3.55. The Kier molecular flexibility index (Phi) is 4.64. The highest BCUT2D eigenvalue weighted by Crippen LogP contribution is 2.27. The Morgan fingerprint density at radius 3 is 2.79 bits per heavy atom. The Morgan fingerprint density at radius 2 is 2.21 bits per heavy atom. The van der Waals surface area contributed by atoms with Gasteiger partial charge in [0.25, 0.3) is 0 Å². The van der Waals surface area contributed by atoms with Crippen LogP contribution in [-0.2, 0) is 12.0 Å². The SMILES string of the molecule is CCC1CN(Cc2csc(C(C)(C)C)n2)CCC1N. The molecule has 2 heterocycles. The summed E-state index contributed by atoms with van der Waals surface area (Å²) < 4.78 is 0. The van der Waals surface area contributed by atoms with E-state index in [9.17, 15) is 0 Å². The van der Waals surface area contributed by atoms with E-state index < -0.39 is 0 Å². The van der Waals surface area contributed by atoms with Gasteiger partial charge in [0.1, 0.15) is 0 Å². The monoisotopic (exact) mass is 281 g/mol. The van der Waals surface area contributed by atoms with Crippen molar-refractivity contribution in [1.29, 1.82) is 0 Å². The Morgan fingerprint density at radius 1 is 1.47 bits per heavy atom. The van der Waals surface area contributed by atoms with Crippen molar-refractivity contribution in [2.45, 2.75) is 58.5 Å². The molecular weight excluding hydrogens is 254 g/mol. The van der Waals surface area contributed by atoms with Crippen LogP contribution in [0.4, 0.5) is 0 Å². The van der Waals surface area contributed by atoms with E-state index in [-0.39, 0.29) is 5.41 Å². The van der Waals surface area contributed by atoms with Crippen LogP contribution >= 0.6 is 11.3 Å². The van der Waals surface area contributed by atoms with Crippen molar-refractivity contribution in [3.63, 3.8) is 0 Å². The van der Waals surface area contributed by atoms with Gasteiger partial charge in [0.15, 0.2) is 0 Å². The minimum absolute atomic E-state index is 0.166. The van der Waals surface area contributed by atoms with Gasteiger partial charge in [-0.1, -0.05) is 34.1 Å². The summed E-state index contributed by atoms with van der Waals surface area (Å²) >= 11 is 1.79. The number of piperidine rings is 1. The number of hydrogen-bond donors (Lipinski definition) is 1. The van der Waals surface area contributed by atoms with Gasteiger partial charge < -0.3 is 5.73 Å². The largest absolute Gasteiger partial charge is 0.327 e. The molecule has 2 rings (SSSR count). The number of rotatable bonds is 3. The molecule has 0 aromatic carbocycles. The summed E-state index contributed by atoms with van der Waals surface area (Å²) in [5, 5.41) is 3.46. The summed E-state index contributed by atoms with van der Waals surface area (Å²) in [5.41, 5.74) is 7.55. The number of nitrogens with two attached hydrogens (primary N) is 1. The van der Waals surface area contributed by atoms with Crippen molar-refractivity contribution >= 4 is 11.3 Å². The molecule has 1 aliphatic rings. The predicted molar refractivity (Wildman–Crippen MR) is 82.5 cm³/mol. The van der Waals surface area contributed by atoms with E-state index >= 15 is 0 Å². The Hall–Kier alpha value is -0.450. The van der Waals surface area contributed by atoms with Crippen LogP contribution in [0.5, 0.6) is 0 Å². The molecule has 0 amide bonds. The van der Waals surface area contributed by atoms with E-state index in [4.69, 9.17) is 10.7 Å². The fraction of sp³-hybridized carbons (Fsp3) is 0.800. The summed E-state index contributed by atoms with van der Waals surface area (Å²) in [6.07, 6.45) is 2.30. The van der Waals surface area contributed by atoms with Crippen molar-refractivity contribution in [1.82, 2.24) is 9.88 Å². The van der Waals surface area contributed by atoms with E-state index in [0.29, 0.717) is 12.0 Å². The molecular formula is C15H27N3S. The lowest BCUT2D eigenvalue weighted by atomic mass is 9.91. The molecule has 0 saturated carbocycles. The first-order valence-electron chi connectivity index (χ1n) is 7.33. The molecule has 0 bridgehead atoms. The van der Waals surface area contributed by atoms with Crippen molar-refractivity contribution in [2.24, 2.45) is 11.7 Å². The Labute approximate surface area is 121 Å². The molecule has 1 aromatic rings. The van der Waals surface area contributed by atoms with Gasteiger partial charge in [0.2, 0.25) is 0 Å². The second kappa shape index (κ2) is 5.90. The summed E-state index contributed by atoms with van der Waals surface area (Å²) in [6.45, 7) is 12.1. The lowest BCUT2D eigenvalue weighted by Crippen LogP contribution is -2.46. The molecule has 19 heavy (non-hydrogen) atoms. The zero-order chi connectivity index (χ0) is 14.0. The van der Waals surface area contributed by atoms with Crippen molar-refractivity contribution in [3.8, 4) is 0 Å². The van der Waals surface area contributed by atoms with Gasteiger partial charge in [0, 0.05) is 36.5 Å². The maximum absolute atomic E-state index is 6.17. The molecule has 0 radical (unpaired) electrons. The second-order valence-electron chi connectivity index (χ2n) is 6.75. The van der Waals surface area contributed by atoms with Crippen LogP contribution in [0.1, 0.15) is 51.2 Å². The third kappa shape index (κ3) is 3.77. The molecule has 1 fully saturated rings. The minimum Gasteiger partial charge on any atom is -0.327 e. The molecule has 4 heteroatoms. The molecule has 108 valence electrons. The van der Waals surface area contributed by atoms with E-state index in [0.717, 1.165) is 26.1 Å².